The van der Waals surface area contributed by atoms with E-state index in [1.165, 1.54) is 11.8 Å². The van der Waals surface area contributed by atoms with E-state index >= 15 is 0 Å². The Kier molecular flexibility index (Phi) is 6.90. The summed E-state index contributed by atoms with van der Waals surface area (Å²) >= 11 is 7.39. The van der Waals surface area contributed by atoms with Gasteiger partial charge in [0.25, 0.3) is 5.91 Å². The van der Waals surface area contributed by atoms with Gasteiger partial charge >= 0.3 is 0 Å². The van der Waals surface area contributed by atoms with E-state index in [1.54, 1.807) is 42.6 Å². The minimum absolute atomic E-state index is 0.152. The van der Waals surface area contributed by atoms with Crippen LogP contribution in [0.2, 0.25) is 5.02 Å². The van der Waals surface area contributed by atoms with Gasteiger partial charge in [-0.25, -0.2) is 9.97 Å². The Morgan fingerprint density at radius 3 is 2.79 bits per heavy atom. The van der Waals surface area contributed by atoms with Gasteiger partial charge in [0.05, 0.1) is 28.7 Å². The van der Waals surface area contributed by atoms with Crippen molar-refractivity contribution in [2.45, 2.75) is 19.8 Å². The van der Waals surface area contributed by atoms with Crippen molar-refractivity contribution in [2.75, 3.05) is 16.5 Å². The fourth-order valence-corrected chi connectivity index (χ4v) is 4.00. The Balaban J connectivity index is 1.49. The molecule has 0 spiro atoms. The Labute approximate surface area is 200 Å². The standard InChI is InChI=1S/C23H21ClN6O2S/c1-2-19(25)33-12-27-22(32)13-3-6-16(7-4-13)28-23-26-11-14-9-20(31)29-18-10-15(24)5-8-17(18)21(14)30-23/h3-8,10-11,25H,2,9,12H2,1H3,(H,27,32)(H,29,31)(H,26,28,30). The van der Waals surface area contributed by atoms with Crippen LogP contribution < -0.4 is 16.0 Å². The highest BCUT2D eigenvalue weighted by atomic mass is 35.5. The number of halogens is 1. The van der Waals surface area contributed by atoms with Crippen molar-refractivity contribution in [2.24, 2.45) is 0 Å². The van der Waals surface area contributed by atoms with Gasteiger partial charge in [0.15, 0.2) is 0 Å². The van der Waals surface area contributed by atoms with Crippen LogP contribution in [0.5, 0.6) is 0 Å². The molecular formula is C23H21ClN6O2S. The number of fused-ring (bicyclic) bond motifs is 3. The van der Waals surface area contributed by atoms with Gasteiger partial charge in [-0.15, -0.1) is 0 Å². The summed E-state index contributed by atoms with van der Waals surface area (Å²) in [5.41, 5.74) is 3.99. The smallest absolute Gasteiger partial charge is 0.251 e. The maximum absolute atomic E-state index is 12.3. The van der Waals surface area contributed by atoms with Crippen LogP contribution in [-0.4, -0.2) is 32.7 Å². The summed E-state index contributed by atoms with van der Waals surface area (Å²) in [6.07, 6.45) is 2.46. The van der Waals surface area contributed by atoms with Crippen LogP contribution in [0.15, 0.2) is 48.7 Å². The zero-order valence-electron chi connectivity index (χ0n) is 17.7. The summed E-state index contributed by atoms with van der Waals surface area (Å²) in [5.74, 6) is 0.376. The van der Waals surface area contributed by atoms with E-state index in [0.29, 0.717) is 50.9 Å². The lowest BCUT2D eigenvalue weighted by Crippen LogP contribution is -2.23. The molecule has 0 atom stereocenters. The predicted octanol–water partition coefficient (Wildman–Crippen LogP) is 4.84. The van der Waals surface area contributed by atoms with Gasteiger partial charge in [-0.2, -0.15) is 0 Å². The zero-order valence-corrected chi connectivity index (χ0v) is 19.3. The van der Waals surface area contributed by atoms with E-state index in [4.69, 9.17) is 17.0 Å². The second kappa shape index (κ2) is 10.0. The van der Waals surface area contributed by atoms with Crippen molar-refractivity contribution in [3.63, 3.8) is 0 Å². The van der Waals surface area contributed by atoms with E-state index in [2.05, 4.69) is 25.9 Å². The molecule has 8 nitrogen and oxygen atoms in total. The average molecular weight is 481 g/mol. The number of anilines is 3. The molecule has 0 saturated carbocycles. The average Bonchev–Trinajstić information content (AvgIpc) is 2.93. The number of carbonyl (C=O) groups is 2. The molecule has 0 bridgehead atoms. The first-order chi connectivity index (χ1) is 15.9. The number of nitrogens with one attached hydrogen (secondary N) is 4. The molecule has 0 saturated heterocycles. The summed E-state index contributed by atoms with van der Waals surface area (Å²) in [7, 11) is 0. The second-order valence-electron chi connectivity index (χ2n) is 7.26. The first kappa shape index (κ1) is 22.8. The highest BCUT2D eigenvalue weighted by Gasteiger charge is 2.21. The Hall–Kier alpha value is -3.43. The van der Waals surface area contributed by atoms with Gasteiger partial charge in [-0.1, -0.05) is 30.3 Å². The van der Waals surface area contributed by atoms with Gasteiger partial charge in [0.1, 0.15) is 0 Å². The van der Waals surface area contributed by atoms with Gasteiger partial charge in [-0.3, -0.25) is 15.0 Å². The molecule has 10 heteroatoms. The number of carbonyl (C=O) groups excluding carboxylic acids is 2. The van der Waals surface area contributed by atoms with Crippen molar-refractivity contribution in [3.8, 4) is 11.3 Å². The largest absolute Gasteiger partial charge is 0.343 e. The zero-order chi connectivity index (χ0) is 23.4. The molecule has 2 aromatic carbocycles. The molecule has 168 valence electrons. The molecule has 4 rings (SSSR count). The minimum atomic E-state index is -0.202. The molecule has 0 radical (unpaired) electrons. The number of hydrogen-bond acceptors (Lipinski definition) is 7. The molecule has 2 heterocycles. The summed E-state index contributed by atoms with van der Waals surface area (Å²) in [5, 5.41) is 17.5. The Morgan fingerprint density at radius 1 is 1.24 bits per heavy atom. The first-order valence-electron chi connectivity index (χ1n) is 10.2. The van der Waals surface area contributed by atoms with Crippen molar-refractivity contribution in [1.29, 1.82) is 5.41 Å². The van der Waals surface area contributed by atoms with Crippen LogP contribution in [0.3, 0.4) is 0 Å². The molecule has 1 aliphatic rings. The van der Waals surface area contributed by atoms with E-state index in [1.807, 2.05) is 13.0 Å². The quantitative estimate of drug-likeness (QED) is 0.227. The Morgan fingerprint density at radius 2 is 2.03 bits per heavy atom. The summed E-state index contributed by atoms with van der Waals surface area (Å²) < 4.78 is 0. The van der Waals surface area contributed by atoms with Crippen molar-refractivity contribution in [1.82, 2.24) is 15.3 Å². The van der Waals surface area contributed by atoms with E-state index < -0.39 is 0 Å². The highest BCUT2D eigenvalue weighted by Crippen LogP contribution is 2.34. The maximum atomic E-state index is 12.3. The van der Waals surface area contributed by atoms with Crippen LogP contribution in [0.25, 0.3) is 11.3 Å². The topological polar surface area (TPSA) is 120 Å². The van der Waals surface area contributed by atoms with Crippen molar-refractivity contribution >= 4 is 57.5 Å². The molecule has 0 fully saturated rings. The summed E-state index contributed by atoms with van der Waals surface area (Å²) in [6.45, 7) is 1.90. The second-order valence-corrected chi connectivity index (χ2v) is 8.76. The van der Waals surface area contributed by atoms with Gasteiger partial charge in [0.2, 0.25) is 11.9 Å². The molecular weight excluding hydrogens is 460 g/mol. The monoisotopic (exact) mass is 480 g/mol. The summed E-state index contributed by atoms with van der Waals surface area (Å²) in [6, 6.07) is 12.2. The molecule has 0 aliphatic carbocycles. The number of amides is 2. The number of hydrogen-bond donors (Lipinski definition) is 4. The lowest BCUT2D eigenvalue weighted by atomic mass is 10.1. The van der Waals surface area contributed by atoms with E-state index in [9.17, 15) is 9.59 Å². The first-order valence-corrected chi connectivity index (χ1v) is 11.6. The lowest BCUT2D eigenvalue weighted by molar-refractivity contribution is -0.115. The molecule has 3 aromatic rings. The minimum Gasteiger partial charge on any atom is -0.343 e. The van der Waals surface area contributed by atoms with Crippen LogP contribution in [0.1, 0.15) is 29.3 Å². The number of thioether (sulfide) groups is 1. The number of nitrogens with zero attached hydrogens (tertiary/aromatic N) is 2. The molecule has 0 unspecified atom stereocenters. The third kappa shape index (κ3) is 5.50. The fourth-order valence-electron chi connectivity index (χ4n) is 3.25. The lowest BCUT2D eigenvalue weighted by Gasteiger charge is -2.11. The van der Waals surface area contributed by atoms with E-state index in [-0.39, 0.29) is 18.2 Å². The normalized spacial score (nSPS) is 12.1. The maximum Gasteiger partial charge on any atom is 0.251 e. The van der Waals surface area contributed by atoms with Gasteiger partial charge < -0.3 is 16.0 Å². The number of aromatic nitrogens is 2. The predicted molar refractivity (Wildman–Crippen MR) is 132 cm³/mol. The SMILES string of the molecule is CCC(=N)SCNC(=O)c1ccc(Nc2ncc3c(n2)-c2ccc(Cl)cc2NC(=O)C3)cc1. The molecule has 33 heavy (non-hydrogen) atoms. The van der Waals surface area contributed by atoms with E-state index in [0.717, 1.165) is 11.1 Å². The van der Waals surface area contributed by atoms with Crippen molar-refractivity contribution < 1.29 is 9.59 Å². The third-order valence-corrected chi connectivity index (χ3v) is 6.09. The highest BCUT2D eigenvalue weighted by molar-refractivity contribution is 8.13. The molecule has 4 N–H and O–H groups in total. The fraction of sp³-hybridized carbons (Fsp3) is 0.174. The third-order valence-electron chi connectivity index (χ3n) is 4.93. The van der Waals surface area contributed by atoms with Crippen LogP contribution in [0.4, 0.5) is 17.3 Å². The van der Waals surface area contributed by atoms with Crippen LogP contribution in [-0.2, 0) is 11.2 Å². The van der Waals surface area contributed by atoms with Gasteiger partial charge in [0, 0.05) is 33.6 Å². The van der Waals surface area contributed by atoms with Gasteiger partial charge in [-0.05, 0) is 48.9 Å². The molecule has 1 aliphatic heterocycles. The van der Waals surface area contributed by atoms with Crippen LogP contribution in [0, 0.1) is 5.41 Å². The Bertz CT molecular complexity index is 1230. The molecule has 1 aromatic heterocycles. The number of benzene rings is 2. The van der Waals surface area contributed by atoms with Crippen molar-refractivity contribution in [3.05, 3.63) is 64.8 Å². The number of rotatable bonds is 6. The molecule has 2 amide bonds. The van der Waals surface area contributed by atoms with Crippen LogP contribution >= 0.6 is 23.4 Å². The summed E-state index contributed by atoms with van der Waals surface area (Å²) in [4.78, 5) is 33.5.